The van der Waals surface area contributed by atoms with Gasteiger partial charge in [0.25, 0.3) is 0 Å². The molecule has 14 heteroatoms. The van der Waals surface area contributed by atoms with E-state index in [1.165, 1.54) is 0 Å². The first-order chi connectivity index (χ1) is 23.0. The lowest BCUT2D eigenvalue weighted by Crippen LogP contribution is -2.48. The zero-order valence-corrected chi connectivity index (χ0v) is 27.4. The van der Waals surface area contributed by atoms with E-state index in [4.69, 9.17) is 5.26 Å². The van der Waals surface area contributed by atoms with Crippen molar-refractivity contribution in [2.75, 3.05) is 62.2 Å². The van der Waals surface area contributed by atoms with Crippen molar-refractivity contribution >= 4 is 23.6 Å². The molecule has 11 nitrogen and oxygen atoms in total. The molecule has 1 aromatic carbocycles. The van der Waals surface area contributed by atoms with Crippen molar-refractivity contribution in [2.24, 2.45) is 11.3 Å². The Kier molecular flexibility index (Phi) is 11.3. The van der Waals surface area contributed by atoms with Crippen LogP contribution in [0.3, 0.4) is 0 Å². The minimum absolute atomic E-state index is 0.0962. The zero-order valence-electron chi connectivity index (χ0n) is 27.4. The van der Waals surface area contributed by atoms with Gasteiger partial charge < -0.3 is 30.4 Å². The van der Waals surface area contributed by atoms with Crippen molar-refractivity contribution in [2.45, 2.75) is 70.5 Å². The van der Waals surface area contributed by atoms with Gasteiger partial charge in [-0.15, -0.1) is 0 Å². The standard InChI is InChI=1S/C34H45F3N8O3/c1-33(23-46)12-19-44(20-13-33)32(48)40-15-9-25-10-17-43(18-11-25)28-21-29(42-31(41-28)34(35,36)37)45-16-2-3-27(45)30(47)39-14-8-24-4-6-26(22-38)7-5-24/h4-7,21,25,27,46H,2-3,8-20,23H2,1H3,(H,39,47)(H,40,48). The smallest absolute Gasteiger partial charge is 0.396 e. The Hall–Kier alpha value is -4.12. The number of aliphatic hydroxyl groups excluding tert-OH is 1. The lowest BCUT2D eigenvalue weighted by Gasteiger charge is -2.38. The molecule has 2 aromatic rings. The van der Waals surface area contributed by atoms with E-state index in [1.54, 1.807) is 28.0 Å². The number of carbonyl (C=O) groups excluding carboxylic acids is 2. The van der Waals surface area contributed by atoms with Gasteiger partial charge in [-0.2, -0.15) is 18.4 Å². The molecule has 3 amide bonds. The molecule has 3 aliphatic rings. The number of urea groups is 1. The second kappa shape index (κ2) is 15.4. The van der Waals surface area contributed by atoms with Crippen LogP contribution in [0.4, 0.5) is 29.6 Å². The molecule has 48 heavy (non-hydrogen) atoms. The molecule has 260 valence electrons. The van der Waals surface area contributed by atoms with Gasteiger partial charge in [-0.05, 0) is 80.4 Å². The second-order valence-corrected chi connectivity index (χ2v) is 13.5. The lowest BCUT2D eigenvalue weighted by atomic mass is 9.81. The number of nitriles is 1. The van der Waals surface area contributed by atoms with Gasteiger partial charge in [-0.1, -0.05) is 19.1 Å². The summed E-state index contributed by atoms with van der Waals surface area (Å²) in [5.74, 6) is -0.861. The number of hydrogen-bond donors (Lipinski definition) is 3. The molecule has 0 bridgehead atoms. The monoisotopic (exact) mass is 670 g/mol. The van der Waals surface area contributed by atoms with E-state index < -0.39 is 18.0 Å². The summed E-state index contributed by atoms with van der Waals surface area (Å²) >= 11 is 0. The van der Waals surface area contributed by atoms with Crippen LogP contribution in [-0.4, -0.2) is 90.4 Å². The highest BCUT2D eigenvalue weighted by Crippen LogP contribution is 2.34. The molecule has 1 unspecified atom stereocenters. The maximum Gasteiger partial charge on any atom is 0.451 e. The highest BCUT2D eigenvalue weighted by molar-refractivity contribution is 5.85. The molecule has 1 atom stereocenters. The largest absolute Gasteiger partial charge is 0.451 e. The number of halogens is 3. The number of aliphatic hydroxyl groups is 1. The number of nitrogens with zero attached hydrogens (tertiary/aromatic N) is 6. The number of nitrogens with one attached hydrogen (secondary N) is 2. The van der Waals surface area contributed by atoms with E-state index in [9.17, 15) is 27.9 Å². The fourth-order valence-electron chi connectivity index (χ4n) is 6.72. The summed E-state index contributed by atoms with van der Waals surface area (Å²) in [5, 5.41) is 24.5. The van der Waals surface area contributed by atoms with Gasteiger partial charge in [-0.25, -0.2) is 14.8 Å². The van der Waals surface area contributed by atoms with Crippen LogP contribution in [0.2, 0.25) is 0 Å². The lowest BCUT2D eigenvalue weighted by molar-refractivity contribution is -0.144. The molecule has 0 spiro atoms. The summed E-state index contributed by atoms with van der Waals surface area (Å²) in [6.07, 6.45) is 0.788. The molecular formula is C34H45F3N8O3. The fourth-order valence-corrected chi connectivity index (χ4v) is 6.72. The number of carbonyl (C=O) groups is 2. The zero-order chi connectivity index (χ0) is 34.3. The first kappa shape index (κ1) is 35.2. The Balaban J connectivity index is 1.15. The van der Waals surface area contributed by atoms with Crippen LogP contribution in [0.1, 0.15) is 68.8 Å². The van der Waals surface area contributed by atoms with Gasteiger partial charge >= 0.3 is 12.2 Å². The van der Waals surface area contributed by atoms with Gasteiger partial charge in [0, 0.05) is 58.5 Å². The summed E-state index contributed by atoms with van der Waals surface area (Å²) in [5.41, 5.74) is 1.39. The normalized spacial score (nSPS) is 20.0. The van der Waals surface area contributed by atoms with Crippen LogP contribution in [0.15, 0.2) is 30.3 Å². The fraction of sp³-hybridized carbons (Fsp3) is 0.618. The number of hydrogen-bond acceptors (Lipinski definition) is 8. The molecule has 3 fully saturated rings. The van der Waals surface area contributed by atoms with E-state index in [2.05, 4.69) is 26.7 Å². The van der Waals surface area contributed by atoms with Crippen molar-refractivity contribution in [3.63, 3.8) is 0 Å². The highest BCUT2D eigenvalue weighted by atomic mass is 19.4. The van der Waals surface area contributed by atoms with Crippen molar-refractivity contribution in [3.05, 3.63) is 47.3 Å². The Morgan fingerprint density at radius 3 is 2.33 bits per heavy atom. The number of benzene rings is 1. The highest BCUT2D eigenvalue weighted by Gasteiger charge is 2.39. The number of likely N-dealkylation sites (tertiary alicyclic amines) is 1. The number of anilines is 2. The Labute approximate surface area is 279 Å². The molecule has 0 saturated carbocycles. The van der Waals surface area contributed by atoms with Crippen molar-refractivity contribution in [3.8, 4) is 6.07 Å². The maximum atomic E-state index is 14.0. The average molecular weight is 671 g/mol. The van der Waals surface area contributed by atoms with Crippen LogP contribution in [-0.2, 0) is 17.4 Å². The maximum absolute atomic E-state index is 14.0. The number of rotatable bonds is 10. The first-order valence-electron chi connectivity index (χ1n) is 16.9. The first-order valence-corrected chi connectivity index (χ1v) is 16.9. The average Bonchev–Trinajstić information content (AvgIpc) is 3.59. The van der Waals surface area contributed by atoms with E-state index in [1.807, 2.05) is 24.0 Å². The number of amides is 3. The molecule has 3 N–H and O–H groups in total. The van der Waals surface area contributed by atoms with Gasteiger partial charge in [-0.3, -0.25) is 4.79 Å². The quantitative estimate of drug-likeness (QED) is 0.344. The minimum Gasteiger partial charge on any atom is -0.396 e. The summed E-state index contributed by atoms with van der Waals surface area (Å²) in [6, 6.07) is 10.0. The number of aromatic nitrogens is 2. The Morgan fingerprint density at radius 1 is 1.00 bits per heavy atom. The molecule has 3 saturated heterocycles. The Morgan fingerprint density at radius 2 is 1.69 bits per heavy atom. The SMILES string of the molecule is CC1(CO)CCN(C(=O)NCCC2CCN(c3cc(N4CCCC4C(=O)NCCc4ccc(C#N)cc4)nc(C(F)(F)F)n3)CC2)CC1. The summed E-state index contributed by atoms with van der Waals surface area (Å²) in [4.78, 5) is 38.9. The van der Waals surface area contributed by atoms with E-state index in [0.29, 0.717) is 76.6 Å². The summed E-state index contributed by atoms with van der Waals surface area (Å²) in [7, 11) is 0. The van der Waals surface area contributed by atoms with Crippen LogP contribution in [0.25, 0.3) is 0 Å². The second-order valence-electron chi connectivity index (χ2n) is 13.5. The van der Waals surface area contributed by atoms with Crippen LogP contribution in [0, 0.1) is 22.7 Å². The third kappa shape index (κ3) is 8.86. The predicted molar refractivity (Wildman–Crippen MR) is 174 cm³/mol. The van der Waals surface area contributed by atoms with Crippen LogP contribution >= 0.6 is 0 Å². The van der Waals surface area contributed by atoms with Gasteiger partial charge in [0.1, 0.15) is 17.7 Å². The third-order valence-electron chi connectivity index (χ3n) is 10.0. The topological polar surface area (TPSA) is 138 Å². The predicted octanol–water partition coefficient (Wildman–Crippen LogP) is 4.11. The van der Waals surface area contributed by atoms with Gasteiger partial charge in [0.2, 0.25) is 11.7 Å². The molecule has 1 aromatic heterocycles. The number of piperidine rings is 2. The van der Waals surface area contributed by atoms with Gasteiger partial charge in [0.05, 0.1) is 11.6 Å². The van der Waals surface area contributed by atoms with Crippen molar-refractivity contribution in [1.29, 1.82) is 5.26 Å². The molecule has 4 heterocycles. The molecule has 0 radical (unpaired) electrons. The molecule has 0 aliphatic carbocycles. The Bertz CT molecular complexity index is 1450. The van der Waals surface area contributed by atoms with Gasteiger partial charge in [0.15, 0.2) is 0 Å². The van der Waals surface area contributed by atoms with Crippen molar-refractivity contribution < 1.29 is 27.9 Å². The molecule has 5 rings (SSSR count). The summed E-state index contributed by atoms with van der Waals surface area (Å²) < 4.78 is 41.9. The molecule has 3 aliphatic heterocycles. The van der Waals surface area contributed by atoms with Crippen molar-refractivity contribution in [1.82, 2.24) is 25.5 Å². The molecular weight excluding hydrogens is 625 g/mol. The van der Waals surface area contributed by atoms with Crippen LogP contribution in [0.5, 0.6) is 0 Å². The van der Waals surface area contributed by atoms with Crippen LogP contribution < -0.4 is 20.4 Å². The van der Waals surface area contributed by atoms with E-state index in [0.717, 1.165) is 37.7 Å². The summed E-state index contributed by atoms with van der Waals surface area (Å²) in [6.45, 7) is 5.73. The van der Waals surface area contributed by atoms with E-state index >= 15 is 0 Å². The minimum atomic E-state index is -4.75. The van der Waals surface area contributed by atoms with E-state index in [-0.39, 0.29) is 35.6 Å². The number of alkyl halides is 3. The third-order valence-corrected chi connectivity index (χ3v) is 10.0.